The number of anilines is 3. The summed E-state index contributed by atoms with van der Waals surface area (Å²) in [5, 5.41) is 3.17. The monoisotopic (exact) mass is 209 g/mol. The van der Waals surface area contributed by atoms with Crippen molar-refractivity contribution in [2.24, 2.45) is 0 Å². The van der Waals surface area contributed by atoms with Crippen molar-refractivity contribution in [3.63, 3.8) is 0 Å². The maximum absolute atomic E-state index is 11.7. The van der Waals surface area contributed by atoms with Crippen LogP contribution in [0.15, 0.2) is 4.79 Å². The summed E-state index contributed by atoms with van der Waals surface area (Å²) in [6.07, 6.45) is 0. The molecule has 6 nitrogen and oxygen atoms in total. The highest BCUT2D eigenvalue weighted by Gasteiger charge is 2.28. The lowest BCUT2D eigenvalue weighted by Crippen LogP contribution is -2.48. The van der Waals surface area contributed by atoms with Gasteiger partial charge in [-0.2, -0.15) is 4.98 Å². The lowest BCUT2D eigenvalue weighted by molar-refractivity contribution is 0.580. The second-order valence-electron chi connectivity index (χ2n) is 3.93. The number of aromatic nitrogens is 2. The molecular weight excluding hydrogens is 194 g/mol. The number of fused-ring (bicyclic) bond motifs is 1. The van der Waals surface area contributed by atoms with Gasteiger partial charge in [0.1, 0.15) is 5.69 Å². The predicted molar refractivity (Wildman–Crippen MR) is 60.2 cm³/mol. The molecule has 0 aliphatic carbocycles. The number of nitrogens with zero attached hydrogens (tertiary/aromatic N) is 2. The summed E-state index contributed by atoms with van der Waals surface area (Å²) in [5.41, 5.74) is 5.83. The highest BCUT2D eigenvalue weighted by atomic mass is 16.1. The molecule has 0 aromatic carbocycles. The van der Waals surface area contributed by atoms with Crippen molar-refractivity contribution in [2.75, 3.05) is 23.0 Å². The normalized spacial score (nSPS) is 24.6. The third-order valence-electron chi connectivity index (χ3n) is 2.96. The Kier molecular flexibility index (Phi) is 2.06. The summed E-state index contributed by atoms with van der Waals surface area (Å²) in [5.74, 6) is 0.700. The SMILES string of the molecule is C[C@H]1Nc2nc(N)[nH]c(=O)c2N(C)[C@H]1C. The molecule has 4 N–H and O–H groups in total. The van der Waals surface area contributed by atoms with Gasteiger partial charge in [0.15, 0.2) is 5.82 Å². The highest BCUT2D eigenvalue weighted by molar-refractivity contribution is 5.69. The van der Waals surface area contributed by atoms with E-state index in [2.05, 4.69) is 22.2 Å². The fourth-order valence-corrected chi connectivity index (χ4v) is 1.79. The van der Waals surface area contributed by atoms with Crippen LogP contribution in [-0.2, 0) is 0 Å². The van der Waals surface area contributed by atoms with Crippen LogP contribution in [-0.4, -0.2) is 29.1 Å². The summed E-state index contributed by atoms with van der Waals surface area (Å²) in [7, 11) is 1.88. The molecule has 0 bridgehead atoms. The van der Waals surface area contributed by atoms with Gasteiger partial charge in [-0.25, -0.2) is 0 Å². The Morgan fingerprint density at radius 3 is 2.80 bits per heavy atom. The zero-order chi connectivity index (χ0) is 11.2. The number of nitrogens with one attached hydrogen (secondary N) is 2. The van der Waals surface area contributed by atoms with Crippen LogP contribution in [0.2, 0.25) is 0 Å². The van der Waals surface area contributed by atoms with E-state index in [4.69, 9.17) is 5.73 Å². The number of likely N-dealkylation sites (N-methyl/N-ethyl adjacent to an activating group) is 1. The van der Waals surface area contributed by atoms with Crippen LogP contribution < -0.4 is 21.5 Å². The van der Waals surface area contributed by atoms with Crippen molar-refractivity contribution >= 4 is 17.5 Å². The number of H-pyrrole nitrogens is 1. The Morgan fingerprint density at radius 1 is 1.47 bits per heavy atom. The van der Waals surface area contributed by atoms with Gasteiger partial charge >= 0.3 is 0 Å². The molecule has 1 aliphatic rings. The van der Waals surface area contributed by atoms with Crippen molar-refractivity contribution in [3.8, 4) is 0 Å². The number of aromatic amines is 1. The maximum atomic E-state index is 11.7. The van der Waals surface area contributed by atoms with Crippen molar-refractivity contribution in [1.82, 2.24) is 9.97 Å². The van der Waals surface area contributed by atoms with Gasteiger partial charge in [-0.15, -0.1) is 0 Å². The van der Waals surface area contributed by atoms with Crippen LogP contribution in [0.3, 0.4) is 0 Å². The van der Waals surface area contributed by atoms with E-state index in [9.17, 15) is 4.79 Å². The van der Waals surface area contributed by atoms with Crippen LogP contribution in [0.4, 0.5) is 17.5 Å². The van der Waals surface area contributed by atoms with Gasteiger partial charge in [-0.05, 0) is 13.8 Å². The highest BCUT2D eigenvalue weighted by Crippen LogP contribution is 2.27. The minimum atomic E-state index is -0.203. The molecule has 0 saturated carbocycles. The zero-order valence-electron chi connectivity index (χ0n) is 9.03. The Bertz CT molecular complexity index is 441. The molecule has 1 aromatic rings. The van der Waals surface area contributed by atoms with Crippen LogP contribution in [0.5, 0.6) is 0 Å². The van der Waals surface area contributed by atoms with Crippen molar-refractivity contribution in [2.45, 2.75) is 25.9 Å². The van der Waals surface area contributed by atoms with E-state index in [0.717, 1.165) is 0 Å². The Balaban J connectivity index is 2.60. The van der Waals surface area contributed by atoms with Crippen LogP contribution in [0, 0.1) is 0 Å². The molecule has 0 amide bonds. The fourth-order valence-electron chi connectivity index (χ4n) is 1.79. The molecule has 2 heterocycles. The first-order valence-electron chi connectivity index (χ1n) is 4.90. The standard InChI is InChI=1S/C9H15N5O/c1-4-5(2)14(3)6-7(11-4)12-9(10)13-8(6)15/h4-5H,1-3H3,(H4,10,11,12,13,15)/t4-,5+/m1/s1. The third kappa shape index (κ3) is 1.42. The zero-order valence-corrected chi connectivity index (χ0v) is 9.03. The molecule has 1 aliphatic heterocycles. The summed E-state index contributed by atoms with van der Waals surface area (Å²) >= 11 is 0. The van der Waals surface area contributed by atoms with E-state index < -0.39 is 0 Å². The Hall–Kier alpha value is -1.72. The number of rotatable bonds is 0. The van der Waals surface area contributed by atoms with E-state index >= 15 is 0 Å². The average Bonchev–Trinajstić information content (AvgIpc) is 2.13. The van der Waals surface area contributed by atoms with Crippen molar-refractivity contribution in [3.05, 3.63) is 10.4 Å². The van der Waals surface area contributed by atoms with Crippen LogP contribution in [0.25, 0.3) is 0 Å². The molecule has 15 heavy (non-hydrogen) atoms. The van der Waals surface area contributed by atoms with Gasteiger partial charge < -0.3 is 16.0 Å². The number of nitrogen functional groups attached to an aromatic ring is 1. The molecule has 2 rings (SSSR count). The molecule has 0 fully saturated rings. The lowest BCUT2D eigenvalue weighted by Gasteiger charge is -2.37. The Labute approximate surface area is 87.5 Å². The molecule has 0 spiro atoms. The second-order valence-corrected chi connectivity index (χ2v) is 3.93. The van der Waals surface area contributed by atoms with E-state index in [1.54, 1.807) is 0 Å². The number of hydrogen-bond acceptors (Lipinski definition) is 5. The van der Waals surface area contributed by atoms with E-state index in [-0.39, 0.29) is 23.6 Å². The maximum Gasteiger partial charge on any atom is 0.278 e. The first-order chi connectivity index (χ1) is 7.00. The van der Waals surface area contributed by atoms with E-state index in [0.29, 0.717) is 11.5 Å². The Morgan fingerprint density at radius 2 is 2.13 bits per heavy atom. The van der Waals surface area contributed by atoms with Gasteiger partial charge in [-0.1, -0.05) is 0 Å². The van der Waals surface area contributed by atoms with E-state index in [1.165, 1.54) is 0 Å². The van der Waals surface area contributed by atoms with Gasteiger partial charge in [0.25, 0.3) is 5.56 Å². The second kappa shape index (κ2) is 3.15. The van der Waals surface area contributed by atoms with E-state index in [1.807, 2.05) is 18.9 Å². The molecule has 82 valence electrons. The summed E-state index contributed by atoms with van der Waals surface area (Å²) in [6.45, 7) is 4.10. The third-order valence-corrected chi connectivity index (χ3v) is 2.96. The lowest BCUT2D eigenvalue weighted by atomic mass is 10.1. The molecular formula is C9H15N5O. The van der Waals surface area contributed by atoms with Gasteiger partial charge in [-0.3, -0.25) is 9.78 Å². The molecule has 0 saturated heterocycles. The predicted octanol–water partition coefficient (Wildman–Crippen LogP) is -0.00920. The fraction of sp³-hybridized carbons (Fsp3) is 0.556. The number of nitrogens with two attached hydrogens (primary N) is 1. The topological polar surface area (TPSA) is 87.0 Å². The summed E-state index contributed by atoms with van der Waals surface area (Å²) < 4.78 is 0. The number of hydrogen-bond donors (Lipinski definition) is 3. The van der Waals surface area contributed by atoms with Crippen molar-refractivity contribution < 1.29 is 0 Å². The van der Waals surface area contributed by atoms with Crippen molar-refractivity contribution in [1.29, 1.82) is 0 Å². The first kappa shape index (κ1) is 9.82. The van der Waals surface area contributed by atoms with Gasteiger partial charge in [0.05, 0.1) is 0 Å². The first-order valence-corrected chi connectivity index (χ1v) is 4.90. The smallest absolute Gasteiger partial charge is 0.278 e. The minimum Gasteiger partial charge on any atom is -0.369 e. The molecule has 6 heteroatoms. The minimum absolute atomic E-state index is 0.140. The molecule has 1 aromatic heterocycles. The van der Waals surface area contributed by atoms with Gasteiger partial charge in [0, 0.05) is 19.1 Å². The average molecular weight is 209 g/mol. The molecule has 0 unspecified atom stereocenters. The summed E-state index contributed by atoms with van der Waals surface area (Å²) in [4.78, 5) is 20.2. The quantitative estimate of drug-likeness (QED) is 0.559. The molecule has 2 atom stereocenters. The summed E-state index contributed by atoms with van der Waals surface area (Å²) in [6, 6.07) is 0.472. The van der Waals surface area contributed by atoms with Crippen LogP contribution in [0.1, 0.15) is 13.8 Å². The largest absolute Gasteiger partial charge is 0.369 e. The van der Waals surface area contributed by atoms with Gasteiger partial charge in [0.2, 0.25) is 5.95 Å². The molecule has 0 radical (unpaired) electrons. The van der Waals surface area contributed by atoms with Crippen LogP contribution >= 0.6 is 0 Å².